The fourth-order valence-electron chi connectivity index (χ4n) is 4.91. The summed E-state index contributed by atoms with van der Waals surface area (Å²) in [7, 11) is 0. The Morgan fingerprint density at radius 1 is 0.881 bits per heavy atom. The molecule has 0 atom stereocenters. The Balaban J connectivity index is 0.000000451. The number of alkyl halides is 3. The van der Waals surface area contributed by atoms with E-state index in [-0.39, 0.29) is 5.56 Å². The average molecular weight is 573 g/mol. The van der Waals surface area contributed by atoms with Gasteiger partial charge in [0.15, 0.2) is 0 Å². The van der Waals surface area contributed by atoms with Gasteiger partial charge in [0, 0.05) is 29.2 Å². The second-order valence-electron chi connectivity index (χ2n) is 9.72. The van der Waals surface area contributed by atoms with Crippen LogP contribution >= 0.6 is 0 Å². The summed E-state index contributed by atoms with van der Waals surface area (Å²) >= 11 is 0. The van der Waals surface area contributed by atoms with Crippen LogP contribution in [0, 0.1) is 0 Å². The lowest BCUT2D eigenvalue weighted by Crippen LogP contribution is -2.24. The molecule has 2 heterocycles. The van der Waals surface area contributed by atoms with Crippen molar-refractivity contribution in [2.45, 2.75) is 25.7 Å². The molecule has 4 aromatic carbocycles. The van der Waals surface area contributed by atoms with E-state index in [1.54, 1.807) is 0 Å². The number of nitrogens with zero attached hydrogens (tertiary/aromatic N) is 3. The average Bonchev–Trinajstić information content (AvgIpc) is 3.35. The molecule has 0 bridgehead atoms. The van der Waals surface area contributed by atoms with E-state index < -0.39 is 12.1 Å². The minimum Gasteiger partial charge on any atom is -0.475 e. The molecule has 7 nitrogen and oxygen atoms in total. The largest absolute Gasteiger partial charge is 0.490 e. The van der Waals surface area contributed by atoms with Gasteiger partial charge in [0.1, 0.15) is 5.69 Å². The zero-order chi connectivity index (χ0) is 29.9. The number of nitrogens with two attached hydrogens (primary N) is 1. The van der Waals surface area contributed by atoms with Crippen molar-refractivity contribution in [3.05, 3.63) is 113 Å². The molecule has 214 valence electrons. The van der Waals surface area contributed by atoms with Gasteiger partial charge in [-0.3, -0.25) is 4.79 Å². The van der Waals surface area contributed by atoms with Crippen LogP contribution in [0.3, 0.4) is 0 Å². The van der Waals surface area contributed by atoms with E-state index in [0.29, 0.717) is 18.8 Å². The maximum Gasteiger partial charge on any atom is 0.490 e. The molecule has 6 rings (SSSR count). The highest BCUT2D eigenvalue weighted by Gasteiger charge is 2.38. The molecule has 0 radical (unpaired) electrons. The van der Waals surface area contributed by atoms with Crippen molar-refractivity contribution in [3.8, 4) is 11.3 Å². The molecular weight excluding hydrogens is 545 g/mol. The number of aliphatic carboxylic acids is 1. The first kappa shape index (κ1) is 28.6. The number of hydrogen-bond donors (Lipinski definition) is 2. The second kappa shape index (κ2) is 11.9. The summed E-state index contributed by atoms with van der Waals surface area (Å²) in [4.78, 5) is 27.9. The van der Waals surface area contributed by atoms with E-state index in [1.165, 1.54) is 0 Å². The van der Waals surface area contributed by atoms with Crippen LogP contribution in [0.25, 0.3) is 44.0 Å². The molecule has 0 unspecified atom stereocenters. The summed E-state index contributed by atoms with van der Waals surface area (Å²) in [5, 5.41) is 10.4. The first-order chi connectivity index (χ1) is 20.2. The maximum atomic E-state index is 14.1. The van der Waals surface area contributed by atoms with E-state index in [4.69, 9.17) is 20.6 Å². The number of rotatable bonds is 6. The maximum absolute atomic E-state index is 14.1. The molecule has 0 amide bonds. The van der Waals surface area contributed by atoms with Gasteiger partial charge in [-0.1, -0.05) is 72.8 Å². The lowest BCUT2D eigenvalue weighted by Gasteiger charge is -2.13. The molecule has 6 aromatic rings. The van der Waals surface area contributed by atoms with Crippen molar-refractivity contribution in [3.63, 3.8) is 0 Å². The summed E-state index contributed by atoms with van der Waals surface area (Å²) in [6, 6.07) is 30.7. The first-order valence-corrected chi connectivity index (χ1v) is 13.2. The van der Waals surface area contributed by atoms with Crippen LogP contribution in [-0.4, -0.2) is 37.9 Å². The van der Waals surface area contributed by atoms with Gasteiger partial charge in [0.05, 0.1) is 17.6 Å². The zero-order valence-electron chi connectivity index (χ0n) is 22.4. The first-order valence-electron chi connectivity index (χ1n) is 13.2. The number of benzene rings is 4. The van der Waals surface area contributed by atoms with Crippen LogP contribution in [0.1, 0.15) is 12.0 Å². The number of para-hydroxylation sites is 1. The lowest BCUT2D eigenvalue weighted by atomic mass is 10.1. The highest BCUT2D eigenvalue weighted by Crippen LogP contribution is 2.30. The molecule has 0 fully saturated rings. The number of fused-ring (bicyclic) bond motifs is 3. The summed E-state index contributed by atoms with van der Waals surface area (Å²) in [6.07, 6.45) is -2.16. The summed E-state index contributed by atoms with van der Waals surface area (Å²) in [5.41, 5.74) is 10.9. The normalized spacial score (nSPS) is 11.5. The number of aromatic nitrogens is 3. The molecule has 3 N–H and O–H groups in total. The van der Waals surface area contributed by atoms with Crippen molar-refractivity contribution in [2.24, 2.45) is 5.73 Å². The molecule has 0 aliphatic carbocycles. The number of carboxylic acid groups (broad SMARTS) is 1. The Bertz CT molecular complexity index is 1950. The van der Waals surface area contributed by atoms with Gasteiger partial charge in [0.2, 0.25) is 0 Å². The van der Waals surface area contributed by atoms with Crippen molar-refractivity contribution in [2.75, 3.05) is 6.54 Å². The standard InChI is InChI=1S/C30H26N4O.C2HF3O2/c31-15-8-16-33-20-25(24-13-6-7-14-27(24)33)29-30(35)34(19-21-9-2-1-3-10-21)28-18-23-12-5-4-11-22(23)17-26(28)32-29;3-2(4,5)1(6)7/h1-7,9-14,17-18,20H,8,15-16,19,31H2;(H,6,7). The van der Waals surface area contributed by atoms with Crippen LogP contribution < -0.4 is 11.3 Å². The molecule has 0 aliphatic rings. The number of halogens is 3. The van der Waals surface area contributed by atoms with Crippen molar-refractivity contribution in [1.82, 2.24) is 14.1 Å². The molecule has 42 heavy (non-hydrogen) atoms. The predicted octanol–water partition coefficient (Wildman–Crippen LogP) is 6.20. The van der Waals surface area contributed by atoms with Crippen LogP contribution in [0.4, 0.5) is 13.2 Å². The minimum absolute atomic E-state index is 0.0848. The van der Waals surface area contributed by atoms with Gasteiger partial charge < -0.3 is 20.0 Å². The SMILES string of the molecule is NCCCn1cc(-c2nc3cc4ccccc4cc3n(Cc3ccccc3)c2=O)c2ccccc21.O=C(O)C(F)(F)F. The fourth-order valence-corrected chi connectivity index (χ4v) is 4.91. The molecule has 0 spiro atoms. The van der Waals surface area contributed by atoms with E-state index >= 15 is 0 Å². The summed E-state index contributed by atoms with van der Waals surface area (Å²) < 4.78 is 35.8. The topological polar surface area (TPSA) is 103 Å². The Morgan fingerprint density at radius 2 is 1.50 bits per heavy atom. The van der Waals surface area contributed by atoms with Gasteiger partial charge in [-0.25, -0.2) is 9.78 Å². The summed E-state index contributed by atoms with van der Waals surface area (Å²) in [6.45, 7) is 1.90. The monoisotopic (exact) mass is 572 g/mol. The Kier molecular flexibility index (Phi) is 8.08. The Hall–Kier alpha value is -4.96. The smallest absolute Gasteiger partial charge is 0.475 e. The van der Waals surface area contributed by atoms with Crippen molar-refractivity contribution in [1.29, 1.82) is 0 Å². The van der Waals surface area contributed by atoms with Crippen LogP contribution in [-0.2, 0) is 17.9 Å². The fraction of sp³-hybridized carbons (Fsp3) is 0.156. The highest BCUT2D eigenvalue weighted by atomic mass is 19.4. The molecule has 0 aliphatic heterocycles. The van der Waals surface area contributed by atoms with Crippen LogP contribution in [0.15, 0.2) is 102 Å². The van der Waals surface area contributed by atoms with E-state index in [9.17, 15) is 18.0 Å². The van der Waals surface area contributed by atoms with Crippen LogP contribution in [0.5, 0.6) is 0 Å². The van der Waals surface area contributed by atoms with Crippen molar-refractivity contribution < 1.29 is 23.1 Å². The van der Waals surface area contributed by atoms with Crippen LogP contribution in [0.2, 0.25) is 0 Å². The zero-order valence-corrected chi connectivity index (χ0v) is 22.4. The third-order valence-electron chi connectivity index (χ3n) is 6.89. The highest BCUT2D eigenvalue weighted by molar-refractivity contribution is 5.98. The Labute approximate surface area is 238 Å². The minimum atomic E-state index is -5.08. The Morgan fingerprint density at radius 3 is 2.17 bits per heavy atom. The van der Waals surface area contributed by atoms with E-state index in [2.05, 4.69) is 59.3 Å². The lowest BCUT2D eigenvalue weighted by molar-refractivity contribution is -0.192. The molecule has 0 saturated heterocycles. The molecule has 2 aromatic heterocycles. The molecule has 0 saturated carbocycles. The number of aryl methyl sites for hydroxylation is 1. The van der Waals surface area contributed by atoms with Gasteiger partial charge in [-0.15, -0.1) is 0 Å². The van der Waals surface area contributed by atoms with E-state index in [1.807, 2.05) is 47.0 Å². The van der Waals surface area contributed by atoms with Gasteiger partial charge in [-0.05, 0) is 47.5 Å². The van der Waals surface area contributed by atoms with Gasteiger partial charge >= 0.3 is 12.1 Å². The third kappa shape index (κ3) is 5.89. The number of hydrogen-bond acceptors (Lipinski definition) is 4. The van der Waals surface area contributed by atoms with Gasteiger partial charge in [-0.2, -0.15) is 13.2 Å². The predicted molar refractivity (Wildman–Crippen MR) is 157 cm³/mol. The van der Waals surface area contributed by atoms with E-state index in [0.717, 1.165) is 56.8 Å². The quantitative estimate of drug-likeness (QED) is 0.231. The third-order valence-corrected chi connectivity index (χ3v) is 6.89. The van der Waals surface area contributed by atoms with Crippen molar-refractivity contribution >= 4 is 38.7 Å². The summed E-state index contributed by atoms with van der Waals surface area (Å²) in [5.74, 6) is -2.76. The van der Waals surface area contributed by atoms with Gasteiger partial charge in [0.25, 0.3) is 5.56 Å². The number of carbonyl (C=O) groups is 1. The second-order valence-corrected chi connectivity index (χ2v) is 9.72. The molecule has 10 heteroatoms. The number of carboxylic acids is 1. The molecular formula is C32H27F3N4O3.